The fourth-order valence-corrected chi connectivity index (χ4v) is 2.02. The minimum atomic E-state index is 0.387. The van der Waals surface area contributed by atoms with Crippen molar-refractivity contribution in [2.75, 3.05) is 17.7 Å². The molecule has 2 heterocycles. The van der Waals surface area contributed by atoms with Crippen molar-refractivity contribution < 1.29 is 4.74 Å². The Hall–Kier alpha value is -2.89. The van der Waals surface area contributed by atoms with E-state index >= 15 is 0 Å². The quantitative estimate of drug-likeness (QED) is 0.764. The van der Waals surface area contributed by atoms with Crippen molar-refractivity contribution in [3.63, 3.8) is 0 Å². The van der Waals surface area contributed by atoms with Crippen LogP contribution in [-0.4, -0.2) is 21.6 Å². The van der Waals surface area contributed by atoms with E-state index < -0.39 is 0 Å². The van der Waals surface area contributed by atoms with Gasteiger partial charge in [-0.2, -0.15) is 4.98 Å². The number of fused-ring (bicyclic) bond motifs is 1. The number of ether oxygens (including phenoxy) is 1. The molecule has 6 nitrogen and oxygen atoms in total. The zero-order valence-corrected chi connectivity index (χ0v) is 11.6. The topological polar surface area (TPSA) is 86.0 Å². The van der Waals surface area contributed by atoms with Gasteiger partial charge in [0.25, 0.3) is 0 Å². The average Bonchev–Trinajstić information content (AvgIpc) is 2.51. The first-order valence-corrected chi connectivity index (χ1v) is 6.63. The first-order valence-electron chi connectivity index (χ1n) is 6.63. The largest absolute Gasteiger partial charge is 0.476 e. The van der Waals surface area contributed by atoms with Crippen LogP contribution in [0.25, 0.3) is 10.9 Å². The van der Waals surface area contributed by atoms with Gasteiger partial charge in [-0.25, -0.2) is 4.98 Å². The number of nitrogen functional groups attached to an aromatic ring is 1. The number of anilines is 3. The Morgan fingerprint density at radius 3 is 2.95 bits per heavy atom. The van der Waals surface area contributed by atoms with Gasteiger partial charge in [0, 0.05) is 17.3 Å². The molecule has 0 aliphatic carbocycles. The fourth-order valence-electron chi connectivity index (χ4n) is 2.02. The lowest BCUT2D eigenvalue weighted by molar-refractivity contribution is 0.328. The van der Waals surface area contributed by atoms with E-state index in [1.165, 1.54) is 6.33 Å². The molecule has 2 aromatic heterocycles. The number of rotatable bonds is 4. The predicted octanol–water partition coefficient (Wildman–Crippen LogP) is 2.75. The van der Waals surface area contributed by atoms with Crippen LogP contribution in [-0.2, 0) is 0 Å². The lowest BCUT2D eigenvalue weighted by Crippen LogP contribution is -2.05. The minimum absolute atomic E-state index is 0.387. The SMILES string of the molecule is CCOc1ncnc(Nc2ccc3ncccc3c2)c1N. The summed E-state index contributed by atoms with van der Waals surface area (Å²) in [5, 5.41) is 4.22. The molecular weight excluding hydrogens is 266 g/mol. The van der Waals surface area contributed by atoms with Crippen molar-refractivity contribution in [1.29, 1.82) is 0 Å². The van der Waals surface area contributed by atoms with Crippen molar-refractivity contribution in [2.45, 2.75) is 6.92 Å². The summed E-state index contributed by atoms with van der Waals surface area (Å²) in [6.45, 7) is 2.38. The van der Waals surface area contributed by atoms with E-state index in [0.717, 1.165) is 16.6 Å². The molecule has 3 N–H and O–H groups in total. The van der Waals surface area contributed by atoms with Gasteiger partial charge in [0.1, 0.15) is 12.0 Å². The molecular formula is C15H15N5O. The molecule has 6 heteroatoms. The summed E-state index contributed by atoms with van der Waals surface area (Å²) >= 11 is 0. The van der Waals surface area contributed by atoms with Gasteiger partial charge in [0.15, 0.2) is 5.82 Å². The summed E-state index contributed by atoms with van der Waals surface area (Å²) in [7, 11) is 0. The van der Waals surface area contributed by atoms with E-state index in [-0.39, 0.29) is 0 Å². The van der Waals surface area contributed by atoms with Crippen molar-refractivity contribution in [3.8, 4) is 5.88 Å². The van der Waals surface area contributed by atoms with Crippen LogP contribution in [0.4, 0.5) is 17.2 Å². The maximum Gasteiger partial charge on any atom is 0.242 e. The van der Waals surface area contributed by atoms with Crippen LogP contribution in [0.3, 0.4) is 0 Å². The maximum absolute atomic E-state index is 6.01. The molecule has 0 radical (unpaired) electrons. The molecule has 1 aromatic carbocycles. The van der Waals surface area contributed by atoms with Gasteiger partial charge >= 0.3 is 0 Å². The number of benzene rings is 1. The highest BCUT2D eigenvalue weighted by atomic mass is 16.5. The molecule has 0 saturated carbocycles. The summed E-state index contributed by atoms with van der Waals surface area (Å²) in [4.78, 5) is 12.5. The Morgan fingerprint density at radius 2 is 2.10 bits per heavy atom. The average molecular weight is 281 g/mol. The second kappa shape index (κ2) is 5.62. The standard InChI is InChI=1S/C15H15N5O/c1-2-21-15-13(16)14(18-9-19-15)20-11-5-6-12-10(8-11)4-3-7-17-12/h3-9H,2,16H2,1H3,(H,18,19,20). The molecule has 0 fully saturated rings. The van der Waals surface area contributed by atoms with E-state index in [2.05, 4.69) is 20.3 Å². The Balaban J connectivity index is 1.93. The van der Waals surface area contributed by atoms with Gasteiger partial charge in [0.2, 0.25) is 5.88 Å². The third kappa shape index (κ3) is 2.69. The van der Waals surface area contributed by atoms with Crippen molar-refractivity contribution >= 4 is 28.1 Å². The first-order chi connectivity index (χ1) is 10.3. The van der Waals surface area contributed by atoms with Gasteiger partial charge in [-0.1, -0.05) is 6.07 Å². The Kier molecular flexibility index (Phi) is 3.51. The molecule has 0 bridgehead atoms. The van der Waals surface area contributed by atoms with Crippen molar-refractivity contribution in [2.24, 2.45) is 0 Å². The maximum atomic E-state index is 6.01. The highest BCUT2D eigenvalue weighted by molar-refractivity contribution is 5.84. The van der Waals surface area contributed by atoms with Crippen molar-refractivity contribution in [3.05, 3.63) is 42.9 Å². The predicted molar refractivity (Wildman–Crippen MR) is 82.6 cm³/mol. The van der Waals surface area contributed by atoms with Crippen molar-refractivity contribution in [1.82, 2.24) is 15.0 Å². The minimum Gasteiger partial charge on any atom is -0.476 e. The lowest BCUT2D eigenvalue weighted by Gasteiger charge is -2.11. The summed E-state index contributed by atoms with van der Waals surface area (Å²) in [5.74, 6) is 0.911. The molecule has 0 aliphatic rings. The van der Waals surface area contributed by atoms with Crippen LogP contribution in [0.15, 0.2) is 42.9 Å². The van der Waals surface area contributed by atoms with E-state index in [1.807, 2.05) is 37.3 Å². The molecule has 0 spiro atoms. The fraction of sp³-hybridized carbons (Fsp3) is 0.133. The molecule has 0 saturated heterocycles. The van der Waals surface area contributed by atoms with Gasteiger partial charge < -0.3 is 15.8 Å². The van der Waals surface area contributed by atoms with Crippen LogP contribution >= 0.6 is 0 Å². The second-order valence-corrected chi connectivity index (χ2v) is 4.41. The molecule has 0 unspecified atom stereocenters. The van der Waals surface area contributed by atoms with E-state index in [1.54, 1.807) is 6.20 Å². The lowest BCUT2D eigenvalue weighted by atomic mass is 10.2. The number of pyridine rings is 1. The monoisotopic (exact) mass is 281 g/mol. The number of nitrogens with zero attached hydrogens (tertiary/aromatic N) is 3. The number of hydrogen-bond acceptors (Lipinski definition) is 6. The van der Waals surface area contributed by atoms with Gasteiger partial charge in [0.05, 0.1) is 12.1 Å². The molecule has 0 amide bonds. The number of hydrogen-bond donors (Lipinski definition) is 2. The summed E-state index contributed by atoms with van der Waals surface area (Å²) in [6, 6.07) is 9.76. The van der Waals surface area contributed by atoms with Crippen LogP contribution in [0.1, 0.15) is 6.92 Å². The molecule has 21 heavy (non-hydrogen) atoms. The summed E-state index contributed by atoms with van der Waals surface area (Å²) < 4.78 is 5.36. The Morgan fingerprint density at radius 1 is 1.19 bits per heavy atom. The molecule has 0 aliphatic heterocycles. The number of nitrogens with two attached hydrogens (primary N) is 1. The van der Waals surface area contributed by atoms with Gasteiger partial charge in [-0.3, -0.25) is 4.98 Å². The normalized spacial score (nSPS) is 10.5. The van der Waals surface area contributed by atoms with Gasteiger partial charge in [-0.15, -0.1) is 0 Å². The second-order valence-electron chi connectivity index (χ2n) is 4.41. The smallest absolute Gasteiger partial charge is 0.242 e. The zero-order valence-electron chi connectivity index (χ0n) is 11.6. The number of nitrogens with one attached hydrogen (secondary N) is 1. The van der Waals surface area contributed by atoms with Crippen LogP contribution in [0, 0.1) is 0 Å². The van der Waals surface area contributed by atoms with Crippen LogP contribution in [0.5, 0.6) is 5.88 Å². The summed E-state index contributed by atoms with van der Waals surface area (Å²) in [5.41, 5.74) is 8.22. The molecule has 3 aromatic rings. The Labute approximate surface area is 122 Å². The van der Waals surface area contributed by atoms with E-state index in [9.17, 15) is 0 Å². The number of aromatic nitrogens is 3. The Bertz CT molecular complexity index is 775. The molecule has 106 valence electrons. The van der Waals surface area contributed by atoms with Crippen LogP contribution < -0.4 is 15.8 Å². The van der Waals surface area contributed by atoms with E-state index in [0.29, 0.717) is 24.0 Å². The molecule has 0 atom stereocenters. The van der Waals surface area contributed by atoms with Crippen LogP contribution in [0.2, 0.25) is 0 Å². The summed E-state index contributed by atoms with van der Waals surface area (Å²) in [6.07, 6.45) is 3.19. The highest BCUT2D eigenvalue weighted by Crippen LogP contribution is 2.28. The van der Waals surface area contributed by atoms with Gasteiger partial charge in [-0.05, 0) is 31.2 Å². The highest BCUT2D eigenvalue weighted by Gasteiger charge is 2.09. The third-order valence-corrected chi connectivity index (χ3v) is 2.99. The van der Waals surface area contributed by atoms with E-state index in [4.69, 9.17) is 10.5 Å². The zero-order chi connectivity index (χ0) is 14.7. The third-order valence-electron chi connectivity index (χ3n) is 2.99. The first kappa shape index (κ1) is 13.1. The molecule has 3 rings (SSSR count).